The van der Waals surface area contributed by atoms with Crippen LogP contribution >= 0.6 is 11.3 Å². The maximum Gasteiger partial charge on any atom is 0.262 e. The molecule has 2 heterocycles. The Morgan fingerprint density at radius 2 is 2.04 bits per heavy atom. The van der Waals surface area contributed by atoms with Crippen molar-refractivity contribution < 1.29 is 9.53 Å². The number of thiophene rings is 1. The predicted octanol–water partition coefficient (Wildman–Crippen LogP) is 2.28. The third kappa shape index (κ3) is 3.41. The number of carbonyl (C=O) groups is 1. The van der Waals surface area contributed by atoms with Crippen molar-refractivity contribution in [3.63, 3.8) is 0 Å². The number of rotatable bonds is 5. The fourth-order valence-corrected chi connectivity index (χ4v) is 3.67. The van der Waals surface area contributed by atoms with Crippen molar-refractivity contribution in [2.24, 2.45) is 7.05 Å². The summed E-state index contributed by atoms with van der Waals surface area (Å²) >= 11 is 1.25. The van der Waals surface area contributed by atoms with Crippen LogP contribution in [0.4, 0.5) is 0 Å². The summed E-state index contributed by atoms with van der Waals surface area (Å²) in [6.45, 7) is 2.31. The number of benzene rings is 1. The molecular formula is C18H19N3O3S. The van der Waals surface area contributed by atoms with Crippen LogP contribution in [0.25, 0.3) is 10.2 Å². The molecule has 7 heteroatoms. The largest absolute Gasteiger partial charge is 0.497 e. The first kappa shape index (κ1) is 17.2. The zero-order valence-electron chi connectivity index (χ0n) is 14.3. The van der Waals surface area contributed by atoms with E-state index in [2.05, 4.69) is 10.3 Å². The Labute approximate surface area is 149 Å². The molecule has 0 unspecified atom stereocenters. The molecule has 3 rings (SSSR count). The normalized spacial score (nSPS) is 10.8. The number of fused-ring (bicyclic) bond motifs is 1. The lowest BCUT2D eigenvalue weighted by Gasteiger charge is -2.06. The van der Waals surface area contributed by atoms with E-state index in [1.165, 1.54) is 22.2 Å². The molecule has 6 nitrogen and oxygen atoms in total. The first-order chi connectivity index (χ1) is 12.0. The van der Waals surface area contributed by atoms with Crippen molar-refractivity contribution >= 4 is 27.5 Å². The Bertz CT molecular complexity index is 974. The van der Waals surface area contributed by atoms with E-state index in [1.54, 1.807) is 21.1 Å². The number of carbonyl (C=O) groups excluding carboxylic acids is 1. The maximum atomic E-state index is 12.5. The Morgan fingerprint density at radius 1 is 1.32 bits per heavy atom. The van der Waals surface area contributed by atoms with Crippen LogP contribution in [0.15, 0.2) is 35.4 Å². The highest BCUT2D eigenvalue weighted by molar-refractivity contribution is 7.20. The van der Waals surface area contributed by atoms with Gasteiger partial charge in [0.2, 0.25) is 0 Å². The molecule has 0 atom stereocenters. The van der Waals surface area contributed by atoms with Crippen molar-refractivity contribution in [1.29, 1.82) is 0 Å². The van der Waals surface area contributed by atoms with Crippen LogP contribution in [-0.2, 0) is 13.5 Å². The molecule has 0 saturated carbocycles. The fourth-order valence-electron chi connectivity index (χ4n) is 2.62. The van der Waals surface area contributed by atoms with Crippen molar-refractivity contribution in [3.05, 3.63) is 57.0 Å². The lowest BCUT2D eigenvalue weighted by Crippen LogP contribution is -2.25. The highest BCUT2D eigenvalue weighted by Gasteiger charge is 2.18. The number of hydrogen-bond donors (Lipinski definition) is 1. The number of hydrogen-bond acceptors (Lipinski definition) is 5. The summed E-state index contributed by atoms with van der Waals surface area (Å²) < 4.78 is 6.55. The number of nitrogens with one attached hydrogen (secondary N) is 1. The van der Waals surface area contributed by atoms with E-state index in [9.17, 15) is 9.59 Å². The molecule has 130 valence electrons. The van der Waals surface area contributed by atoms with Crippen LogP contribution < -0.4 is 15.6 Å². The number of methoxy groups -OCH3 is 1. The van der Waals surface area contributed by atoms with Gasteiger partial charge in [-0.1, -0.05) is 12.1 Å². The molecule has 0 fully saturated rings. The van der Waals surface area contributed by atoms with E-state index in [0.717, 1.165) is 17.7 Å². The van der Waals surface area contributed by atoms with Crippen LogP contribution in [0, 0.1) is 6.92 Å². The monoisotopic (exact) mass is 357 g/mol. The molecule has 1 aromatic carbocycles. The molecule has 3 aromatic rings. The zero-order valence-corrected chi connectivity index (χ0v) is 15.1. The zero-order chi connectivity index (χ0) is 18.0. The summed E-state index contributed by atoms with van der Waals surface area (Å²) in [6, 6.07) is 7.75. The minimum atomic E-state index is -0.170. The summed E-state index contributed by atoms with van der Waals surface area (Å²) in [5, 5.41) is 3.44. The van der Waals surface area contributed by atoms with Crippen LogP contribution in [0.5, 0.6) is 5.75 Å². The van der Waals surface area contributed by atoms with Crippen molar-refractivity contribution in [1.82, 2.24) is 14.9 Å². The van der Waals surface area contributed by atoms with Gasteiger partial charge < -0.3 is 14.6 Å². The van der Waals surface area contributed by atoms with Gasteiger partial charge in [-0.2, -0.15) is 0 Å². The molecule has 25 heavy (non-hydrogen) atoms. The molecule has 0 aliphatic rings. The molecule has 1 N–H and O–H groups in total. The predicted molar refractivity (Wildman–Crippen MR) is 98.6 cm³/mol. The Hall–Kier alpha value is -2.67. The lowest BCUT2D eigenvalue weighted by atomic mass is 10.1. The first-order valence-electron chi connectivity index (χ1n) is 7.87. The van der Waals surface area contributed by atoms with Crippen LogP contribution in [0.1, 0.15) is 20.8 Å². The first-order valence-corrected chi connectivity index (χ1v) is 8.68. The summed E-state index contributed by atoms with van der Waals surface area (Å²) in [6.07, 6.45) is 2.20. The van der Waals surface area contributed by atoms with Gasteiger partial charge in [-0.05, 0) is 36.6 Å². The molecule has 0 aliphatic carbocycles. The molecule has 0 saturated heterocycles. The summed E-state index contributed by atoms with van der Waals surface area (Å²) in [4.78, 5) is 30.1. The van der Waals surface area contributed by atoms with Gasteiger partial charge >= 0.3 is 0 Å². The molecule has 0 bridgehead atoms. The van der Waals surface area contributed by atoms with Gasteiger partial charge in [0, 0.05) is 13.6 Å². The van der Waals surface area contributed by atoms with Crippen LogP contribution in [-0.4, -0.2) is 29.1 Å². The molecule has 0 spiro atoms. The number of nitrogens with zero attached hydrogens (tertiary/aromatic N) is 2. The van der Waals surface area contributed by atoms with Gasteiger partial charge in [-0.25, -0.2) is 4.98 Å². The smallest absolute Gasteiger partial charge is 0.262 e. The van der Waals surface area contributed by atoms with Gasteiger partial charge in [0.15, 0.2) is 0 Å². The number of ether oxygens (including phenoxy) is 1. The lowest BCUT2D eigenvalue weighted by molar-refractivity contribution is 0.0957. The van der Waals surface area contributed by atoms with E-state index in [1.807, 2.05) is 24.3 Å². The number of aromatic nitrogens is 2. The Morgan fingerprint density at radius 3 is 2.72 bits per heavy atom. The maximum absolute atomic E-state index is 12.5. The second-order valence-electron chi connectivity index (χ2n) is 5.75. The van der Waals surface area contributed by atoms with E-state index < -0.39 is 0 Å². The second-order valence-corrected chi connectivity index (χ2v) is 6.75. The minimum Gasteiger partial charge on any atom is -0.497 e. The summed E-state index contributed by atoms with van der Waals surface area (Å²) in [7, 11) is 3.28. The van der Waals surface area contributed by atoms with Crippen molar-refractivity contribution in [2.75, 3.05) is 13.7 Å². The molecule has 2 aromatic heterocycles. The van der Waals surface area contributed by atoms with Gasteiger partial charge in [-0.15, -0.1) is 11.3 Å². The highest BCUT2D eigenvalue weighted by atomic mass is 32.1. The van der Waals surface area contributed by atoms with E-state index in [-0.39, 0.29) is 11.5 Å². The molecule has 0 aliphatic heterocycles. The second kappa shape index (κ2) is 7.06. The third-order valence-electron chi connectivity index (χ3n) is 4.08. The fraction of sp³-hybridized carbons (Fsp3) is 0.278. The standard InChI is InChI=1S/C18H19N3O3S/c1-11-14-17(20-10-21(2)18(14)23)25-15(11)16(22)19-9-8-12-4-6-13(24-3)7-5-12/h4-7,10H,8-9H2,1-3H3,(H,19,22). The van der Waals surface area contributed by atoms with Crippen molar-refractivity contribution in [3.8, 4) is 5.75 Å². The SMILES string of the molecule is COc1ccc(CCNC(=O)c2sc3ncn(C)c(=O)c3c2C)cc1. The molecular weight excluding hydrogens is 338 g/mol. The minimum absolute atomic E-state index is 0.129. The van der Waals surface area contributed by atoms with E-state index >= 15 is 0 Å². The van der Waals surface area contributed by atoms with Crippen molar-refractivity contribution in [2.45, 2.75) is 13.3 Å². The van der Waals surface area contributed by atoms with Gasteiger partial charge in [0.05, 0.1) is 23.7 Å². The highest BCUT2D eigenvalue weighted by Crippen LogP contribution is 2.26. The van der Waals surface area contributed by atoms with Gasteiger partial charge in [0.25, 0.3) is 11.5 Å². The molecule has 0 radical (unpaired) electrons. The molecule has 1 amide bonds. The van der Waals surface area contributed by atoms with E-state index in [4.69, 9.17) is 4.74 Å². The van der Waals surface area contributed by atoms with Gasteiger partial charge in [0.1, 0.15) is 10.6 Å². The third-order valence-corrected chi connectivity index (χ3v) is 5.27. The van der Waals surface area contributed by atoms with Gasteiger partial charge in [-0.3, -0.25) is 9.59 Å². The average molecular weight is 357 g/mol. The van der Waals surface area contributed by atoms with Crippen LogP contribution in [0.3, 0.4) is 0 Å². The topological polar surface area (TPSA) is 73.2 Å². The quantitative estimate of drug-likeness (QED) is 0.760. The van der Waals surface area contributed by atoms with E-state index in [0.29, 0.717) is 27.2 Å². The summed E-state index contributed by atoms with van der Waals surface area (Å²) in [5.74, 6) is 0.638. The number of amides is 1. The average Bonchev–Trinajstić information content (AvgIpc) is 2.96. The summed E-state index contributed by atoms with van der Waals surface area (Å²) in [5.41, 5.74) is 1.68. The Kier molecular flexibility index (Phi) is 4.85. The van der Waals surface area contributed by atoms with Crippen LogP contribution in [0.2, 0.25) is 0 Å². The number of aryl methyl sites for hydroxylation is 2. The Balaban J connectivity index is 1.71.